The fraction of sp³-hybridized carbons (Fsp3) is 0.571. The molecule has 0 aliphatic heterocycles. The SMILES string of the molecule is C=CC(=O)OCP(=O)(OC)OCC. The molecule has 0 fully saturated rings. The van der Waals surface area contributed by atoms with E-state index in [2.05, 4.69) is 15.8 Å². The third-order valence-corrected chi connectivity index (χ3v) is 2.79. The number of ether oxygens (including phenoxy) is 1. The highest BCUT2D eigenvalue weighted by Crippen LogP contribution is 2.46. The highest BCUT2D eigenvalue weighted by Gasteiger charge is 2.23. The van der Waals surface area contributed by atoms with E-state index < -0.39 is 13.6 Å². The molecule has 0 heterocycles. The Balaban J connectivity index is 4.04. The molecule has 6 heteroatoms. The van der Waals surface area contributed by atoms with E-state index in [-0.39, 0.29) is 13.0 Å². The zero-order valence-corrected chi connectivity index (χ0v) is 8.58. The van der Waals surface area contributed by atoms with Crippen molar-refractivity contribution in [1.82, 2.24) is 0 Å². The van der Waals surface area contributed by atoms with Gasteiger partial charge in [-0.3, -0.25) is 4.57 Å². The Bertz CT molecular complexity index is 225. The minimum Gasteiger partial charge on any atom is -0.450 e. The van der Waals surface area contributed by atoms with Crippen LogP contribution in [0.5, 0.6) is 0 Å². The van der Waals surface area contributed by atoms with Crippen LogP contribution in [-0.2, 0) is 23.1 Å². The first kappa shape index (κ1) is 12.4. The van der Waals surface area contributed by atoms with Crippen molar-refractivity contribution in [2.45, 2.75) is 6.92 Å². The molecule has 1 atom stereocenters. The smallest absolute Gasteiger partial charge is 0.367 e. The summed E-state index contributed by atoms with van der Waals surface area (Å²) in [5.41, 5.74) is 0. The van der Waals surface area contributed by atoms with Gasteiger partial charge in [-0.15, -0.1) is 0 Å². The summed E-state index contributed by atoms with van der Waals surface area (Å²) in [6.07, 6.45) is 0.591. The molecule has 0 saturated carbocycles. The second-order valence-electron chi connectivity index (χ2n) is 2.01. The van der Waals surface area contributed by atoms with Crippen molar-refractivity contribution in [3.05, 3.63) is 12.7 Å². The van der Waals surface area contributed by atoms with E-state index in [1.54, 1.807) is 6.92 Å². The number of esters is 1. The molecule has 13 heavy (non-hydrogen) atoms. The summed E-state index contributed by atoms with van der Waals surface area (Å²) < 4.78 is 25.4. The number of hydrogen-bond donors (Lipinski definition) is 0. The second-order valence-corrected chi connectivity index (χ2v) is 4.11. The quantitative estimate of drug-likeness (QED) is 0.376. The van der Waals surface area contributed by atoms with Gasteiger partial charge in [0.15, 0.2) is 6.35 Å². The lowest BCUT2D eigenvalue weighted by molar-refractivity contribution is -0.136. The van der Waals surface area contributed by atoms with Crippen molar-refractivity contribution in [1.29, 1.82) is 0 Å². The van der Waals surface area contributed by atoms with Crippen molar-refractivity contribution in [2.75, 3.05) is 20.1 Å². The summed E-state index contributed by atoms with van der Waals surface area (Å²) in [5.74, 6) is -0.656. The first-order valence-electron chi connectivity index (χ1n) is 3.66. The fourth-order valence-corrected chi connectivity index (χ4v) is 1.51. The van der Waals surface area contributed by atoms with Gasteiger partial charge in [0.1, 0.15) is 0 Å². The standard InChI is InChI=1S/C7H13O5P/c1-4-7(8)11-6-13(9,10-3)12-5-2/h4H,1,5-6H2,2-3H3. The largest absolute Gasteiger partial charge is 0.450 e. The van der Waals surface area contributed by atoms with E-state index in [1.165, 1.54) is 7.11 Å². The van der Waals surface area contributed by atoms with Crippen LogP contribution in [0.4, 0.5) is 0 Å². The average molecular weight is 208 g/mol. The van der Waals surface area contributed by atoms with E-state index in [4.69, 9.17) is 4.52 Å². The van der Waals surface area contributed by atoms with Gasteiger partial charge in [-0.25, -0.2) is 4.79 Å². The van der Waals surface area contributed by atoms with Gasteiger partial charge in [0, 0.05) is 13.2 Å². The topological polar surface area (TPSA) is 61.8 Å². The van der Waals surface area contributed by atoms with E-state index in [0.717, 1.165) is 6.08 Å². The maximum absolute atomic E-state index is 11.4. The van der Waals surface area contributed by atoms with Crippen molar-refractivity contribution in [3.8, 4) is 0 Å². The van der Waals surface area contributed by atoms with Crippen LogP contribution in [0.15, 0.2) is 12.7 Å². The molecule has 0 radical (unpaired) electrons. The average Bonchev–Trinajstić information content (AvgIpc) is 2.15. The molecule has 76 valence electrons. The molecule has 0 aliphatic rings. The predicted octanol–water partition coefficient (Wildman–Crippen LogP) is 1.55. The Morgan fingerprint density at radius 3 is 2.62 bits per heavy atom. The van der Waals surface area contributed by atoms with Gasteiger partial charge in [-0.05, 0) is 6.92 Å². The van der Waals surface area contributed by atoms with Crippen LogP contribution >= 0.6 is 7.60 Å². The van der Waals surface area contributed by atoms with Crippen LogP contribution in [0.2, 0.25) is 0 Å². The van der Waals surface area contributed by atoms with Crippen LogP contribution < -0.4 is 0 Å². The maximum Gasteiger partial charge on any atom is 0.367 e. The molecule has 0 aromatic rings. The molecule has 0 spiro atoms. The van der Waals surface area contributed by atoms with Crippen LogP contribution in [0.1, 0.15) is 6.92 Å². The van der Waals surface area contributed by atoms with Crippen molar-refractivity contribution in [3.63, 3.8) is 0 Å². The van der Waals surface area contributed by atoms with E-state index in [9.17, 15) is 9.36 Å². The zero-order chi connectivity index (χ0) is 10.3. The minimum atomic E-state index is -3.26. The minimum absolute atomic E-state index is 0.233. The summed E-state index contributed by atoms with van der Waals surface area (Å²) in [5, 5.41) is 0. The Hall–Kier alpha value is -0.640. The molecule has 0 N–H and O–H groups in total. The summed E-state index contributed by atoms with van der Waals surface area (Å²) in [7, 11) is -2.02. The van der Waals surface area contributed by atoms with E-state index in [0.29, 0.717) is 0 Å². The highest BCUT2D eigenvalue weighted by atomic mass is 31.2. The first-order valence-corrected chi connectivity index (χ1v) is 5.39. The Morgan fingerprint density at radius 1 is 1.62 bits per heavy atom. The van der Waals surface area contributed by atoms with E-state index >= 15 is 0 Å². The number of rotatable bonds is 6. The Labute approximate surface area is 77.2 Å². The molecule has 0 amide bonds. The molecule has 1 unspecified atom stereocenters. The van der Waals surface area contributed by atoms with Crippen LogP contribution in [-0.4, -0.2) is 26.0 Å². The predicted molar refractivity (Wildman–Crippen MR) is 47.4 cm³/mol. The van der Waals surface area contributed by atoms with Gasteiger partial charge in [-0.1, -0.05) is 6.58 Å². The summed E-state index contributed by atoms with van der Waals surface area (Å²) in [6.45, 7) is 5.09. The van der Waals surface area contributed by atoms with Gasteiger partial charge in [0.05, 0.1) is 6.61 Å². The molecular formula is C7H13O5P. The van der Waals surface area contributed by atoms with Gasteiger partial charge < -0.3 is 13.8 Å². The van der Waals surface area contributed by atoms with Crippen LogP contribution in [0, 0.1) is 0 Å². The second kappa shape index (κ2) is 5.91. The summed E-state index contributed by atoms with van der Waals surface area (Å²) in [4.78, 5) is 10.6. The van der Waals surface area contributed by atoms with Gasteiger partial charge in [0.25, 0.3) is 0 Å². The van der Waals surface area contributed by atoms with Crippen LogP contribution in [0.25, 0.3) is 0 Å². The lowest BCUT2D eigenvalue weighted by Crippen LogP contribution is -2.05. The maximum atomic E-state index is 11.4. The number of carbonyl (C=O) groups excluding carboxylic acids is 1. The zero-order valence-electron chi connectivity index (χ0n) is 7.69. The van der Waals surface area contributed by atoms with Gasteiger partial charge >= 0.3 is 13.6 Å². The third-order valence-electron chi connectivity index (χ3n) is 1.14. The molecule has 0 saturated heterocycles. The summed E-state index contributed by atoms with van der Waals surface area (Å²) >= 11 is 0. The van der Waals surface area contributed by atoms with Crippen molar-refractivity contribution < 1.29 is 23.1 Å². The fourth-order valence-electron chi connectivity index (χ4n) is 0.541. The first-order chi connectivity index (χ1) is 6.08. The lowest BCUT2D eigenvalue weighted by atomic mass is 10.7. The molecule has 0 bridgehead atoms. The molecule has 5 nitrogen and oxygen atoms in total. The normalized spacial score (nSPS) is 14.6. The molecule has 0 aromatic heterocycles. The number of hydrogen-bond acceptors (Lipinski definition) is 5. The molecular weight excluding hydrogens is 195 g/mol. The Morgan fingerprint density at radius 2 is 2.23 bits per heavy atom. The van der Waals surface area contributed by atoms with Gasteiger partial charge in [0.2, 0.25) is 0 Å². The van der Waals surface area contributed by atoms with Crippen molar-refractivity contribution in [2.24, 2.45) is 0 Å². The molecule has 0 rings (SSSR count). The monoisotopic (exact) mass is 208 g/mol. The molecule has 0 aliphatic carbocycles. The van der Waals surface area contributed by atoms with E-state index in [1.807, 2.05) is 0 Å². The van der Waals surface area contributed by atoms with Gasteiger partial charge in [-0.2, -0.15) is 0 Å². The number of carbonyl (C=O) groups is 1. The van der Waals surface area contributed by atoms with Crippen molar-refractivity contribution >= 4 is 13.6 Å². The lowest BCUT2D eigenvalue weighted by Gasteiger charge is -2.14. The summed E-state index contributed by atoms with van der Waals surface area (Å²) in [6, 6.07) is 0. The highest BCUT2D eigenvalue weighted by molar-refractivity contribution is 7.53. The van der Waals surface area contributed by atoms with Crippen LogP contribution in [0.3, 0.4) is 0 Å². The Kier molecular flexibility index (Phi) is 5.62. The molecule has 0 aromatic carbocycles. The third kappa shape index (κ3) is 4.83.